The minimum atomic E-state index is -0.750. The fraction of sp³-hybridized carbons (Fsp3) is 0. The Kier molecular flexibility index (Phi) is 5.45. The first-order valence-electron chi connectivity index (χ1n) is 8.31. The van der Waals surface area contributed by atoms with Gasteiger partial charge in [0.1, 0.15) is 5.82 Å². The zero-order chi connectivity index (χ0) is 20.5. The fourth-order valence-corrected chi connectivity index (χ4v) is 4.03. The third kappa shape index (κ3) is 3.94. The first kappa shape index (κ1) is 19.7. The summed E-state index contributed by atoms with van der Waals surface area (Å²) in [6, 6.07) is 12.4. The molecule has 146 valence electrons. The monoisotopic (exact) mass is 448 g/mol. The molecule has 0 aliphatic carbocycles. The fourth-order valence-electron chi connectivity index (χ4n) is 2.83. The van der Waals surface area contributed by atoms with Crippen LogP contribution in [-0.4, -0.2) is 9.97 Å². The molecule has 0 radical (unpaired) electrons. The summed E-state index contributed by atoms with van der Waals surface area (Å²) in [6.07, 6.45) is 1.45. The van der Waals surface area contributed by atoms with Crippen molar-refractivity contribution in [3.63, 3.8) is 0 Å². The van der Waals surface area contributed by atoms with E-state index in [4.69, 9.17) is 28.9 Å². The quantitative estimate of drug-likeness (QED) is 0.345. The number of fused-ring (bicyclic) bond motifs is 1. The molecule has 3 N–H and O–H groups in total. The second kappa shape index (κ2) is 8.02. The van der Waals surface area contributed by atoms with E-state index in [2.05, 4.69) is 14.7 Å². The maximum Gasteiger partial charge on any atom is 0.220 e. The summed E-state index contributed by atoms with van der Waals surface area (Å²) in [5.74, 6) is -1.37. The number of nitrogen functional groups attached to an aromatic ring is 1. The number of anilines is 2. The van der Waals surface area contributed by atoms with Crippen LogP contribution in [0.5, 0.6) is 0 Å². The van der Waals surface area contributed by atoms with Crippen molar-refractivity contribution in [3.8, 4) is 11.1 Å². The zero-order valence-corrected chi connectivity index (χ0v) is 16.9. The smallest absolute Gasteiger partial charge is 0.220 e. The molecule has 0 bridgehead atoms. The van der Waals surface area contributed by atoms with E-state index in [-0.39, 0.29) is 17.2 Å². The van der Waals surface area contributed by atoms with Crippen molar-refractivity contribution in [2.45, 2.75) is 4.90 Å². The number of halogens is 4. The van der Waals surface area contributed by atoms with E-state index >= 15 is 4.39 Å². The molecule has 4 nitrogen and oxygen atoms in total. The van der Waals surface area contributed by atoms with Gasteiger partial charge >= 0.3 is 0 Å². The lowest BCUT2D eigenvalue weighted by Crippen LogP contribution is -1.99. The van der Waals surface area contributed by atoms with Gasteiger partial charge in [0.2, 0.25) is 5.95 Å². The summed E-state index contributed by atoms with van der Waals surface area (Å²) in [5.41, 5.74) is 6.33. The van der Waals surface area contributed by atoms with Crippen LogP contribution in [-0.2, 0) is 0 Å². The molecule has 0 saturated heterocycles. The van der Waals surface area contributed by atoms with Gasteiger partial charge in [-0.3, -0.25) is 0 Å². The van der Waals surface area contributed by atoms with Crippen molar-refractivity contribution in [1.82, 2.24) is 9.97 Å². The third-order valence-electron chi connectivity index (χ3n) is 4.17. The molecular weight excluding hydrogens is 437 g/mol. The van der Waals surface area contributed by atoms with Crippen molar-refractivity contribution in [3.05, 3.63) is 76.4 Å². The molecule has 4 aromatic rings. The highest BCUT2D eigenvalue weighted by Crippen LogP contribution is 2.37. The summed E-state index contributed by atoms with van der Waals surface area (Å²) in [4.78, 5) is 8.67. The Morgan fingerprint density at radius 1 is 1.03 bits per heavy atom. The van der Waals surface area contributed by atoms with Crippen molar-refractivity contribution in [1.29, 1.82) is 0 Å². The minimum Gasteiger partial charge on any atom is -0.368 e. The Bertz CT molecular complexity index is 1240. The highest BCUT2D eigenvalue weighted by atomic mass is 35.5. The molecule has 0 fully saturated rings. The Balaban J connectivity index is 1.76. The molecule has 0 atom stereocenters. The van der Waals surface area contributed by atoms with Crippen molar-refractivity contribution >= 4 is 57.7 Å². The highest BCUT2D eigenvalue weighted by Gasteiger charge is 2.18. The molecule has 0 aliphatic rings. The average Bonchev–Trinajstić information content (AvgIpc) is 2.69. The van der Waals surface area contributed by atoms with Crippen LogP contribution in [0.1, 0.15) is 0 Å². The largest absolute Gasteiger partial charge is 0.368 e. The van der Waals surface area contributed by atoms with Gasteiger partial charge in [-0.25, -0.2) is 18.7 Å². The number of nitrogens with one attached hydrogen (secondary N) is 1. The van der Waals surface area contributed by atoms with Crippen LogP contribution < -0.4 is 10.5 Å². The number of nitrogens with two attached hydrogens (primary N) is 1. The van der Waals surface area contributed by atoms with Gasteiger partial charge in [0.25, 0.3) is 0 Å². The third-order valence-corrected chi connectivity index (χ3v) is 5.73. The Morgan fingerprint density at radius 2 is 1.86 bits per heavy atom. The standard InChI is InChI=1S/C20H12Cl2F2N4S/c21-10-4-5-13(22)17(8-10)29-28-16-7-6-14(23)18(19(16)24)11-2-1-3-15-12(11)9-26-20(25)27-15/h1-9,28H,(H2,25,26,27). The number of hydrogen-bond acceptors (Lipinski definition) is 5. The minimum absolute atomic E-state index is 0.0841. The molecule has 4 rings (SSSR count). The van der Waals surface area contributed by atoms with Crippen LogP contribution in [0.15, 0.2) is 59.6 Å². The summed E-state index contributed by atoms with van der Waals surface area (Å²) in [7, 11) is 0. The van der Waals surface area contributed by atoms with Crippen LogP contribution in [0.2, 0.25) is 10.0 Å². The molecular formula is C20H12Cl2F2N4S. The SMILES string of the molecule is Nc1ncc2c(-c3c(F)ccc(NSc4cc(Cl)ccc4Cl)c3F)cccc2n1. The Morgan fingerprint density at radius 3 is 2.69 bits per heavy atom. The molecule has 0 amide bonds. The Hall–Kier alpha value is -2.61. The van der Waals surface area contributed by atoms with Gasteiger partial charge < -0.3 is 10.5 Å². The Labute approximate surface area is 179 Å². The lowest BCUT2D eigenvalue weighted by atomic mass is 10.00. The molecule has 1 heterocycles. The number of hydrogen-bond donors (Lipinski definition) is 2. The summed E-state index contributed by atoms with van der Waals surface area (Å²) < 4.78 is 32.8. The van der Waals surface area contributed by atoms with E-state index in [9.17, 15) is 4.39 Å². The first-order chi connectivity index (χ1) is 13.9. The predicted molar refractivity (Wildman–Crippen MR) is 115 cm³/mol. The molecule has 3 aromatic carbocycles. The second-order valence-corrected chi connectivity index (χ2v) is 7.72. The van der Waals surface area contributed by atoms with Gasteiger partial charge in [-0.2, -0.15) is 0 Å². The summed E-state index contributed by atoms with van der Waals surface area (Å²) >= 11 is 13.2. The summed E-state index contributed by atoms with van der Waals surface area (Å²) in [6.45, 7) is 0. The van der Waals surface area contributed by atoms with Gasteiger partial charge in [-0.1, -0.05) is 35.3 Å². The van der Waals surface area contributed by atoms with Crippen molar-refractivity contribution in [2.75, 3.05) is 10.5 Å². The van der Waals surface area contributed by atoms with Crippen molar-refractivity contribution < 1.29 is 8.78 Å². The first-order valence-corrected chi connectivity index (χ1v) is 9.89. The molecule has 0 aliphatic heterocycles. The molecule has 1 aromatic heterocycles. The zero-order valence-electron chi connectivity index (χ0n) is 14.6. The molecule has 9 heteroatoms. The van der Waals surface area contributed by atoms with Crippen LogP contribution in [0.3, 0.4) is 0 Å². The van der Waals surface area contributed by atoms with Crippen molar-refractivity contribution in [2.24, 2.45) is 0 Å². The highest BCUT2D eigenvalue weighted by molar-refractivity contribution is 8.00. The van der Waals surface area contributed by atoms with Crippen LogP contribution in [0, 0.1) is 11.6 Å². The van der Waals surface area contributed by atoms with Crippen LogP contribution in [0.4, 0.5) is 20.4 Å². The summed E-state index contributed by atoms with van der Waals surface area (Å²) in [5, 5.41) is 1.44. The predicted octanol–water partition coefficient (Wildman–Crippen LogP) is 6.58. The van der Waals surface area contributed by atoms with Gasteiger partial charge in [-0.05, 0) is 53.9 Å². The molecule has 0 saturated carbocycles. The van der Waals surface area contributed by atoms with Gasteiger partial charge in [0, 0.05) is 21.5 Å². The van der Waals surface area contributed by atoms with Crippen LogP contribution in [0.25, 0.3) is 22.0 Å². The van der Waals surface area contributed by atoms with E-state index in [0.717, 1.165) is 11.9 Å². The number of rotatable bonds is 4. The molecule has 0 unspecified atom stereocenters. The second-order valence-electron chi connectivity index (χ2n) is 6.03. The lowest BCUT2D eigenvalue weighted by Gasteiger charge is -2.13. The average molecular weight is 449 g/mol. The maximum atomic E-state index is 15.3. The normalized spacial score (nSPS) is 11.0. The lowest BCUT2D eigenvalue weighted by molar-refractivity contribution is 0.593. The van der Waals surface area contributed by atoms with Crippen LogP contribution >= 0.6 is 35.1 Å². The van der Waals surface area contributed by atoms with E-state index in [1.165, 1.54) is 18.3 Å². The van der Waals surface area contributed by atoms with Gasteiger partial charge in [0.05, 0.1) is 21.8 Å². The number of benzene rings is 3. The van der Waals surface area contributed by atoms with Gasteiger partial charge in [-0.15, -0.1) is 0 Å². The topological polar surface area (TPSA) is 63.8 Å². The van der Waals surface area contributed by atoms with E-state index in [1.54, 1.807) is 36.4 Å². The van der Waals surface area contributed by atoms with E-state index < -0.39 is 11.6 Å². The molecule has 29 heavy (non-hydrogen) atoms. The molecule has 0 spiro atoms. The number of aromatic nitrogens is 2. The van der Waals surface area contributed by atoms with Gasteiger partial charge in [0.15, 0.2) is 5.82 Å². The van der Waals surface area contributed by atoms with E-state index in [0.29, 0.717) is 31.4 Å². The number of nitrogens with zero attached hydrogens (tertiary/aromatic N) is 2. The maximum absolute atomic E-state index is 15.3. The van der Waals surface area contributed by atoms with E-state index in [1.807, 2.05) is 0 Å².